The third kappa shape index (κ3) is 2.91. The third-order valence-electron chi connectivity index (χ3n) is 2.29. The molecule has 0 radical (unpaired) electrons. The molecule has 0 spiro atoms. The van der Waals surface area contributed by atoms with Crippen LogP contribution in [-0.4, -0.2) is 27.6 Å². The molecule has 1 rings (SSSR count). The zero-order chi connectivity index (χ0) is 14.8. The van der Waals surface area contributed by atoms with Gasteiger partial charge in [-0.05, 0) is 6.92 Å². The Morgan fingerprint density at radius 1 is 0.947 bits per heavy atom. The lowest BCUT2D eigenvalue weighted by Gasteiger charge is -2.24. The van der Waals surface area contributed by atoms with Crippen molar-refractivity contribution in [1.82, 2.24) is 0 Å². The molecule has 0 saturated carbocycles. The van der Waals surface area contributed by atoms with Crippen molar-refractivity contribution in [2.45, 2.75) is 6.92 Å². The molecule has 0 saturated heterocycles. The fourth-order valence-corrected chi connectivity index (χ4v) is 4.76. The van der Waals surface area contributed by atoms with E-state index in [0.717, 1.165) is 0 Å². The van der Waals surface area contributed by atoms with Crippen LogP contribution in [0.1, 0.15) is 6.92 Å². The Labute approximate surface area is 111 Å². The van der Waals surface area contributed by atoms with E-state index in [-0.39, 0.29) is 6.61 Å². The van der Waals surface area contributed by atoms with Gasteiger partial charge < -0.3 is 9.16 Å². The first kappa shape index (κ1) is 16.4. The fraction of sp³-hybridized carbons (Fsp3) is 0.400. The molecule has 0 bridgehead atoms. The van der Waals surface area contributed by atoms with E-state index in [1.807, 2.05) is 0 Å². The molecule has 1 unspecified atom stereocenters. The Bertz CT molecular complexity index is 450. The van der Waals surface area contributed by atoms with Gasteiger partial charge in [0.05, 0.1) is 11.4 Å². The SMILES string of the molecule is CCO[Si](Cl)(COC)c1c(F)c(F)c(F)c(F)c1F. The quantitative estimate of drug-likeness (QED) is 0.273. The first-order valence-electron chi connectivity index (χ1n) is 5.13. The first-order valence-corrected chi connectivity index (χ1v) is 8.26. The van der Waals surface area contributed by atoms with Crippen LogP contribution >= 0.6 is 11.1 Å². The van der Waals surface area contributed by atoms with Gasteiger partial charge in [-0.3, -0.25) is 0 Å². The fourth-order valence-electron chi connectivity index (χ4n) is 1.53. The van der Waals surface area contributed by atoms with E-state index >= 15 is 0 Å². The maximum absolute atomic E-state index is 13.6. The van der Waals surface area contributed by atoms with Gasteiger partial charge in [-0.2, -0.15) is 0 Å². The van der Waals surface area contributed by atoms with Crippen LogP contribution in [0.3, 0.4) is 0 Å². The highest BCUT2D eigenvalue weighted by Gasteiger charge is 2.44. The molecule has 19 heavy (non-hydrogen) atoms. The number of hydrogen-bond acceptors (Lipinski definition) is 2. The van der Waals surface area contributed by atoms with E-state index < -0.39 is 48.1 Å². The molecule has 0 aliphatic rings. The molecule has 108 valence electrons. The van der Waals surface area contributed by atoms with Crippen molar-refractivity contribution in [3.05, 3.63) is 29.1 Å². The first-order chi connectivity index (χ1) is 8.80. The topological polar surface area (TPSA) is 18.5 Å². The van der Waals surface area contributed by atoms with Crippen LogP contribution in [0, 0.1) is 29.1 Å². The number of hydrogen-bond donors (Lipinski definition) is 0. The summed E-state index contributed by atoms with van der Waals surface area (Å²) in [7, 11) is -2.77. The predicted molar refractivity (Wildman–Crippen MR) is 61.0 cm³/mol. The van der Waals surface area contributed by atoms with Crippen molar-refractivity contribution < 1.29 is 31.1 Å². The van der Waals surface area contributed by atoms with E-state index in [1.54, 1.807) is 0 Å². The van der Waals surface area contributed by atoms with Gasteiger partial charge in [0, 0.05) is 13.7 Å². The highest BCUT2D eigenvalue weighted by molar-refractivity contribution is 7.24. The molecule has 1 aromatic rings. The number of rotatable bonds is 5. The summed E-state index contributed by atoms with van der Waals surface area (Å²) in [5, 5.41) is -1.13. The largest absolute Gasteiger partial charge is 0.399 e. The molecular formula is C10H10ClF5O2Si. The summed E-state index contributed by atoms with van der Waals surface area (Å²) in [6, 6.07) is 0. The molecule has 0 fully saturated rings. The smallest absolute Gasteiger partial charge is 0.354 e. The van der Waals surface area contributed by atoms with Gasteiger partial charge in [-0.25, -0.2) is 22.0 Å². The van der Waals surface area contributed by atoms with Crippen molar-refractivity contribution in [1.29, 1.82) is 0 Å². The zero-order valence-corrected chi connectivity index (χ0v) is 11.8. The molecule has 1 aromatic carbocycles. The summed E-state index contributed by atoms with van der Waals surface area (Å²) in [6.45, 7) is 1.42. The van der Waals surface area contributed by atoms with Crippen LogP contribution in [0.2, 0.25) is 0 Å². The Morgan fingerprint density at radius 3 is 1.74 bits per heavy atom. The van der Waals surface area contributed by atoms with Crippen LogP contribution in [0.4, 0.5) is 22.0 Å². The molecule has 1 atom stereocenters. The molecule has 2 nitrogen and oxygen atoms in total. The van der Waals surface area contributed by atoms with Crippen LogP contribution in [-0.2, 0) is 9.16 Å². The van der Waals surface area contributed by atoms with Gasteiger partial charge in [0.25, 0.3) is 0 Å². The minimum atomic E-state index is -3.95. The van der Waals surface area contributed by atoms with Crippen LogP contribution in [0.15, 0.2) is 0 Å². The summed E-state index contributed by atoms with van der Waals surface area (Å²) in [4.78, 5) is 0. The highest BCUT2D eigenvalue weighted by atomic mass is 35.6. The molecule has 0 aromatic heterocycles. The number of methoxy groups -OCH3 is 1. The van der Waals surface area contributed by atoms with Crippen molar-refractivity contribution in [2.24, 2.45) is 0 Å². The molecule has 0 N–H and O–H groups in total. The van der Waals surface area contributed by atoms with E-state index in [9.17, 15) is 22.0 Å². The Kier molecular flexibility index (Phi) is 5.31. The van der Waals surface area contributed by atoms with Crippen molar-refractivity contribution in [2.75, 3.05) is 19.9 Å². The van der Waals surface area contributed by atoms with Crippen LogP contribution in [0.25, 0.3) is 0 Å². The van der Waals surface area contributed by atoms with Crippen LogP contribution < -0.4 is 5.19 Å². The van der Waals surface area contributed by atoms with Crippen molar-refractivity contribution in [3.63, 3.8) is 0 Å². The number of halogens is 6. The maximum Gasteiger partial charge on any atom is 0.354 e. The average molecular weight is 321 g/mol. The second kappa shape index (κ2) is 6.17. The lowest BCUT2D eigenvalue weighted by molar-refractivity contribution is 0.220. The summed E-state index contributed by atoms with van der Waals surface area (Å²) in [5.74, 6) is -10.3. The molecule has 0 aliphatic carbocycles. The second-order valence-corrected chi connectivity index (χ2v) is 7.91. The zero-order valence-electron chi connectivity index (χ0n) is 10.00. The van der Waals surface area contributed by atoms with Gasteiger partial charge >= 0.3 is 7.63 Å². The standard InChI is InChI=1S/C10H10ClF5O2Si/c1-3-18-19(11,4-17-2)10-8(15)6(13)5(12)7(14)9(10)16/h3-4H2,1-2H3. The second-order valence-electron chi connectivity index (χ2n) is 3.54. The number of ether oxygens (including phenoxy) is 1. The third-order valence-corrected chi connectivity index (χ3v) is 6.10. The lowest BCUT2D eigenvalue weighted by atomic mass is 10.3. The summed E-state index contributed by atoms with van der Waals surface area (Å²) < 4.78 is 76.1. The average Bonchev–Trinajstić information content (AvgIpc) is 2.34. The predicted octanol–water partition coefficient (Wildman–Crippen LogP) is 2.49. The summed E-state index contributed by atoms with van der Waals surface area (Å²) in [5.41, 5.74) is 0. The van der Waals surface area contributed by atoms with Gasteiger partial charge in [-0.15, -0.1) is 11.1 Å². The Morgan fingerprint density at radius 2 is 1.37 bits per heavy atom. The summed E-state index contributed by atoms with van der Waals surface area (Å²) >= 11 is 5.93. The van der Waals surface area contributed by atoms with Gasteiger partial charge in [0.2, 0.25) is 5.82 Å². The Hall–Kier alpha value is -0.703. The van der Waals surface area contributed by atoms with Crippen molar-refractivity contribution in [3.8, 4) is 0 Å². The normalized spacial score (nSPS) is 14.5. The summed E-state index contributed by atoms with van der Waals surface area (Å²) in [6.07, 6.45) is -0.458. The minimum Gasteiger partial charge on any atom is -0.399 e. The highest BCUT2D eigenvalue weighted by Crippen LogP contribution is 2.22. The molecule has 0 aliphatic heterocycles. The molecule has 9 heteroatoms. The van der Waals surface area contributed by atoms with Gasteiger partial charge in [0.15, 0.2) is 23.3 Å². The van der Waals surface area contributed by atoms with E-state index in [1.165, 1.54) is 14.0 Å². The van der Waals surface area contributed by atoms with Gasteiger partial charge in [-0.1, -0.05) is 0 Å². The molecule has 0 amide bonds. The van der Waals surface area contributed by atoms with Crippen molar-refractivity contribution >= 4 is 23.9 Å². The minimum absolute atomic E-state index is 0.0570. The van der Waals surface area contributed by atoms with E-state index in [4.69, 9.17) is 15.5 Å². The van der Waals surface area contributed by atoms with E-state index in [0.29, 0.717) is 0 Å². The Balaban J connectivity index is 3.55. The monoisotopic (exact) mass is 320 g/mol. The van der Waals surface area contributed by atoms with Gasteiger partial charge in [0.1, 0.15) is 0 Å². The molecule has 0 heterocycles. The van der Waals surface area contributed by atoms with E-state index in [2.05, 4.69) is 4.74 Å². The lowest BCUT2D eigenvalue weighted by Crippen LogP contribution is -2.54. The van der Waals surface area contributed by atoms with Crippen LogP contribution in [0.5, 0.6) is 0 Å². The number of benzene rings is 1. The molecular weight excluding hydrogens is 311 g/mol. The maximum atomic E-state index is 13.6.